The second-order valence-corrected chi connectivity index (χ2v) is 4.59. The number of aromatic nitrogens is 3. The molecule has 17 heavy (non-hydrogen) atoms. The van der Waals surface area contributed by atoms with Crippen LogP contribution in [0, 0.1) is 5.92 Å². The molecule has 6 nitrogen and oxygen atoms in total. The molecule has 0 aliphatic heterocycles. The molecule has 0 spiro atoms. The number of nitrogens with two attached hydrogens (primary N) is 1. The number of nitrogens with one attached hydrogen (secondary N) is 2. The molecule has 1 fully saturated rings. The lowest BCUT2D eigenvalue weighted by Crippen LogP contribution is -2.25. The zero-order valence-electron chi connectivity index (χ0n) is 9.91. The summed E-state index contributed by atoms with van der Waals surface area (Å²) in [5.74, 6) is 0.915. The lowest BCUT2D eigenvalue weighted by atomic mass is 10.0. The number of rotatable bonds is 5. The quantitative estimate of drug-likeness (QED) is 0.668. The Morgan fingerprint density at radius 3 is 2.88 bits per heavy atom. The van der Waals surface area contributed by atoms with Gasteiger partial charge in [0, 0.05) is 6.54 Å². The maximum absolute atomic E-state index is 11.6. The van der Waals surface area contributed by atoms with Gasteiger partial charge >= 0.3 is 0 Å². The fraction of sp³-hybridized carbons (Fsp3) is 0.727. The Hall–Kier alpha value is -1.59. The van der Waals surface area contributed by atoms with E-state index in [4.69, 9.17) is 5.73 Å². The third kappa shape index (κ3) is 3.44. The summed E-state index contributed by atoms with van der Waals surface area (Å²) in [7, 11) is 0. The van der Waals surface area contributed by atoms with Crippen molar-refractivity contribution in [2.75, 3.05) is 12.3 Å². The van der Waals surface area contributed by atoms with Crippen molar-refractivity contribution in [2.24, 2.45) is 5.92 Å². The van der Waals surface area contributed by atoms with Crippen molar-refractivity contribution in [1.29, 1.82) is 0 Å². The predicted octanol–water partition coefficient (Wildman–Crippen LogP) is 1.09. The van der Waals surface area contributed by atoms with Crippen LogP contribution in [0.25, 0.3) is 0 Å². The van der Waals surface area contributed by atoms with E-state index in [0.29, 0.717) is 6.54 Å². The Kier molecular flexibility index (Phi) is 3.95. The predicted molar refractivity (Wildman–Crippen MR) is 64.3 cm³/mol. The van der Waals surface area contributed by atoms with Crippen LogP contribution in [0.4, 0.5) is 5.95 Å². The fourth-order valence-corrected chi connectivity index (χ4v) is 2.35. The Morgan fingerprint density at radius 2 is 2.24 bits per heavy atom. The summed E-state index contributed by atoms with van der Waals surface area (Å²) in [6.07, 6.45) is 7.68. The number of carbonyl (C=O) groups is 1. The molecule has 1 aliphatic carbocycles. The van der Waals surface area contributed by atoms with Crippen LogP contribution in [0.2, 0.25) is 0 Å². The van der Waals surface area contributed by atoms with Gasteiger partial charge in [-0.15, -0.1) is 5.10 Å². The highest BCUT2D eigenvalue weighted by Crippen LogP contribution is 2.28. The van der Waals surface area contributed by atoms with Crippen molar-refractivity contribution >= 4 is 11.9 Å². The van der Waals surface area contributed by atoms with E-state index in [2.05, 4.69) is 20.5 Å². The first kappa shape index (κ1) is 11.9. The summed E-state index contributed by atoms with van der Waals surface area (Å²) in [5.41, 5.74) is 5.32. The molecule has 0 bridgehead atoms. The molecular formula is C11H19N5O. The molecule has 6 heteroatoms. The van der Waals surface area contributed by atoms with Crippen LogP contribution in [0.3, 0.4) is 0 Å². The number of amides is 1. The minimum absolute atomic E-state index is 0.0982. The largest absolute Gasteiger partial charge is 0.366 e. The zero-order chi connectivity index (χ0) is 12.1. The number of H-pyrrole nitrogens is 1. The molecule has 1 saturated carbocycles. The maximum atomic E-state index is 11.6. The first-order valence-electron chi connectivity index (χ1n) is 6.22. The Bertz CT molecular complexity index is 370. The molecule has 94 valence electrons. The molecule has 0 atom stereocenters. The number of hydrogen-bond acceptors (Lipinski definition) is 4. The summed E-state index contributed by atoms with van der Waals surface area (Å²) < 4.78 is 0. The van der Waals surface area contributed by atoms with Crippen molar-refractivity contribution in [2.45, 2.75) is 38.5 Å². The molecule has 4 N–H and O–H groups in total. The van der Waals surface area contributed by atoms with E-state index in [0.717, 1.165) is 12.3 Å². The second kappa shape index (κ2) is 5.65. The summed E-state index contributed by atoms with van der Waals surface area (Å²) in [4.78, 5) is 15.3. The molecule has 1 heterocycles. The Labute approximate surface area is 100 Å². The number of nitrogens with zero attached hydrogens (tertiary/aromatic N) is 2. The molecule has 1 aromatic heterocycles. The molecule has 0 saturated heterocycles. The van der Waals surface area contributed by atoms with E-state index in [1.807, 2.05) is 0 Å². The van der Waals surface area contributed by atoms with Gasteiger partial charge in [-0.3, -0.25) is 9.89 Å². The fourth-order valence-electron chi connectivity index (χ4n) is 2.35. The van der Waals surface area contributed by atoms with Gasteiger partial charge in [0.25, 0.3) is 5.91 Å². The van der Waals surface area contributed by atoms with Gasteiger partial charge in [0.2, 0.25) is 11.8 Å². The van der Waals surface area contributed by atoms with Crippen LogP contribution in [-0.4, -0.2) is 27.6 Å². The monoisotopic (exact) mass is 237 g/mol. The van der Waals surface area contributed by atoms with E-state index in [1.165, 1.54) is 32.1 Å². The second-order valence-electron chi connectivity index (χ2n) is 4.59. The number of nitrogen functional groups attached to an aromatic ring is 1. The van der Waals surface area contributed by atoms with Gasteiger partial charge in [-0.2, -0.15) is 4.98 Å². The maximum Gasteiger partial charge on any atom is 0.288 e. The standard InChI is InChI=1S/C11H19N5O/c12-11-14-9(15-16-11)10(17)13-7-3-6-8-4-1-2-5-8/h8H,1-7H2,(H,13,17)(H3,12,14,15,16). The van der Waals surface area contributed by atoms with Crippen molar-refractivity contribution < 1.29 is 4.79 Å². The minimum Gasteiger partial charge on any atom is -0.366 e. The Morgan fingerprint density at radius 1 is 1.47 bits per heavy atom. The average Bonchev–Trinajstić information content (AvgIpc) is 2.95. The number of carbonyl (C=O) groups excluding carboxylic acids is 1. The van der Waals surface area contributed by atoms with Crippen LogP contribution in [0.15, 0.2) is 0 Å². The van der Waals surface area contributed by atoms with Crippen LogP contribution >= 0.6 is 0 Å². The molecule has 1 amide bonds. The van der Waals surface area contributed by atoms with Crippen LogP contribution in [-0.2, 0) is 0 Å². The number of anilines is 1. The van der Waals surface area contributed by atoms with Crippen LogP contribution in [0.1, 0.15) is 49.1 Å². The van der Waals surface area contributed by atoms with Crippen LogP contribution < -0.4 is 11.1 Å². The van der Waals surface area contributed by atoms with Gasteiger partial charge in [-0.25, -0.2) is 0 Å². The van der Waals surface area contributed by atoms with Gasteiger partial charge in [-0.1, -0.05) is 25.7 Å². The first-order chi connectivity index (χ1) is 8.25. The van der Waals surface area contributed by atoms with Gasteiger partial charge in [0.15, 0.2) is 0 Å². The molecule has 0 radical (unpaired) electrons. The van der Waals surface area contributed by atoms with E-state index in [1.54, 1.807) is 0 Å². The SMILES string of the molecule is Nc1n[nH]c(C(=O)NCCCC2CCCC2)n1. The third-order valence-corrected chi connectivity index (χ3v) is 3.27. The summed E-state index contributed by atoms with van der Waals surface area (Å²) in [6, 6.07) is 0. The highest BCUT2D eigenvalue weighted by atomic mass is 16.2. The lowest BCUT2D eigenvalue weighted by molar-refractivity contribution is 0.0942. The third-order valence-electron chi connectivity index (χ3n) is 3.27. The topological polar surface area (TPSA) is 96.7 Å². The molecule has 1 aliphatic rings. The normalized spacial score (nSPS) is 16.2. The van der Waals surface area contributed by atoms with Gasteiger partial charge in [-0.05, 0) is 18.8 Å². The van der Waals surface area contributed by atoms with Crippen LogP contribution in [0.5, 0.6) is 0 Å². The highest BCUT2D eigenvalue weighted by molar-refractivity contribution is 5.90. The number of aromatic amines is 1. The van der Waals surface area contributed by atoms with Crippen molar-refractivity contribution in [3.63, 3.8) is 0 Å². The van der Waals surface area contributed by atoms with E-state index >= 15 is 0 Å². The number of hydrogen-bond donors (Lipinski definition) is 3. The summed E-state index contributed by atoms with van der Waals surface area (Å²) >= 11 is 0. The zero-order valence-corrected chi connectivity index (χ0v) is 9.91. The van der Waals surface area contributed by atoms with E-state index in [9.17, 15) is 4.79 Å². The van der Waals surface area contributed by atoms with Crippen molar-refractivity contribution in [3.8, 4) is 0 Å². The average molecular weight is 237 g/mol. The van der Waals surface area contributed by atoms with Gasteiger partial charge in [0.05, 0.1) is 0 Å². The molecule has 0 aromatic carbocycles. The highest BCUT2D eigenvalue weighted by Gasteiger charge is 2.14. The van der Waals surface area contributed by atoms with E-state index in [-0.39, 0.29) is 17.7 Å². The summed E-state index contributed by atoms with van der Waals surface area (Å²) in [6.45, 7) is 0.690. The molecule has 2 rings (SSSR count). The van der Waals surface area contributed by atoms with Crippen molar-refractivity contribution in [1.82, 2.24) is 20.5 Å². The molecular weight excluding hydrogens is 218 g/mol. The molecule has 0 unspecified atom stereocenters. The van der Waals surface area contributed by atoms with E-state index < -0.39 is 0 Å². The smallest absolute Gasteiger partial charge is 0.288 e. The van der Waals surface area contributed by atoms with Gasteiger partial charge in [0.1, 0.15) is 0 Å². The summed E-state index contributed by atoms with van der Waals surface area (Å²) in [5, 5.41) is 8.91. The molecule has 1 aromatic rings. The lowest BCUT2D eigenvalue weighted by Gasteiger charge is -2.08. The first-order valence-corrected chi connectivity index (χ1v) is 6.22. The minimum atomic E-state index is -0.236. The van der Waals surface area contributed by atoms with Crippen molar-refractivity contribution in [3.05, 3.63) is 5.82 Å². The van der Waals surface area contributed by atoms with Gasteiger partial charge < -0.3 is 11.1 Å². The Balaban J connectivity index is 1.63.